The predicted molar refractivity (Wildman–Crippen MR) is 89.2 cm³/mol. The van der Waals surface area contributed by atoms with Crippen molar-refractivity contribution in [1.29, 1.82) is 0 Å². The fraction of sp³-hybridized carbons (Fsp3) is 0.412. The van der Waals surface area contributed by atoms with Gasteiger partial charge in [0.05, 0.1) is 16.7 Å². The highest BCUT2D eigenvalue weighted by atomic mass is 16.5. The van der Waals surface area contributed by atoms with E-state index in [9.17, 15) is 0 Å². The highest BCUT2D eigenvalue weighted by molar-refractivity contribution is 5.77. The van der Waals surface area contributed by atoms with Gasteiger partial charge in [-0.15, -0.1) is 0 Å². The molecule has 0 amide bonds. The molecule has 6 nitrogen and oxygen atoms in total. The van der Waals surface area contributed by atoms with Gasteiger partial charge in [-0.25, -0.2) is 4.98 Å². The summed E-state index contributed by atoms with van der Waals surface area (Å²) in [4.78, 5) is 7.89. The molecule has 0 spiro atoms. The van der Waals surface area contributed by atoms with Crippen LogP contribution in [0.1, 0.15) is 24.6 Å². The van der Waals surface area contributed by atoms with E-state index in [1.807, 2.05) is 48.3 Å². The van der Waals surface area contributed by atoms with Crippen LogP contribution in [0.5, 0.6) is 0 Å². The molecule has 3 aromatic rings. The molecular formula is C17H21N5O. The van der Waals surface area contributed by atoms with Crippen LogP contribution in [-0.2, 0) is 11.8 Å². The van der Waals surface area contributed by atoms with Crippen molar-refractivity contribution in [2.75, 3.05) is 18.5 Å². The number of H-pyrrole nitrogens is 1. The molecule has 2 N–H and O–H groups in total. The first kappa shape index (κ1) is 14.3. The van der Waals surface area contributed by atoms with Crippen LogP contribution in [-0.4, -0.2) is 32.9 Å². The van der Waals surface area contributed by atoms with E-state index in [1.54, 1.807) is 0 Å². The first-order valence-corrected chi connectivity index (χ1v) is 8.09. The molecule has 1 aliphatic heterocycles. The number of rotatable bonds is 4. The molecule has 2 atom stereocenters. The number of benzene rings is 1. The summed E-state index contributed by atoms with van der Waals surface area (Å²) < 4.78 is 7.94. The summed E-state index contributed by atoms with van der Waals surface area (Å²) in [5, 5.41) is 7.71. The van der Waals surface area contributed by atoms with Crippen molar-refractivity contribution in [2.45, 2.75) is 18.9 Å². The number of fused-ring (bicyclic) bond motifs is 1. The fourth-order valence-electron chi connectivity index (χ4n) is 3.31. The molecule has 0 bridgehead atoms. The summed E-state index contributed by atoms with van der Waals surface area (Å²) in [5.74, 6) is 1.23. The highest BCUT2D eigenvalue weighted by Crippen LogP contribution is 2.33. The Hall–Kier alpha value is -2.34. The molecule has 6 heteroatoms. The molecule has 0 unspecified atom stereocenters. The largest absolute Gasteiger partial charge is 0.372 e. The van der Waals surface area contributed by atoms with E-state index in [0.29, 0.717) is 5.92 Å². The Morgan fingerprint density at radius 2 is 2.26 bits per heavy atom. The van der Waals surface area contributed by atoms with Gasteiger partial charge in [-0.2, -0.15) is 5.10 Å². The maximum atomic E-state index is 6.03. The zero-order valence-electron chi connectivity index (χ0n) is 13.2. The van der Waals surface area contributed by atoms with E-state index >= 15 is 0 Å². The molecule has 1 saturated heterocycles. The van der Waals surface area contributed by atoms with Crippen LogP contribution >= 0.6 is 0 Å². The second-order valence-electron chi connectivity index (χ2n) is 6.06. The molecule has 1 aromatic carbocycles. The first-order chi connectivity index (χ1) is 11.3. The third-order valence-electron chi connectivity index (χ3n) is 4.52. The van der Waals surface area contributed by atoms with Gasteiger partial charge < -0.3 is 15.0 Å². The van der Waals surface area contributed by atoms with Crippen LogP contribution in [0.4, 0.5) is 5.95 Å². The Balaban J connectivity index is 1.49. The van der Waals surface area contributed by atoms with E-state index in [0.717, 1.165) is 48.7 Å². The Morgan fingerprint density at radius 1 is 1.35 bits per heavy atom. The van der Waals surface area contributed by atoms with E-state index < -0.39 is 0 Å². The van der Waals surface area contributed by atoms with E-state index in [-0.39, 0.29) is 6.10 Å². The highest BCUT2D eigenvalue weighted by Gasteiger charge is 2.29. The zero-order valence-corrected chi connectivity index (χ0v) is 13.2. The van der Waals surface area contributed by atoms with Gasteiger partial charge in [0.15, 0.2) is 0 Å². The summed E-state index contributed by atoms with van der Waals surface area (Å²) >= 11 is 0. The SMILES string of the molecule is Cn1nccc1[C@@H]1OCCC[C@H]1CNc1nc2ccccc2[nH]1. The van der Waals surface area contributed by atoms with Crippen molar-refractivity contribution in [3.8, 4) is 0 Å². The van der Waals surface area contributed by atoms with Gasteiger partial charge in [-0.1, -0.05) is 12.1 Å². The maximum absolute atomic E-state index is 6.03. The summed E-state index contributed by atoms with van der Waals surface area (Å²) in [5.41, 5.74) is 3.18. The Kier molecular flexibility index (Phi) is 3.75. The second-order valence-corrected chi connectivity index (χ2v) is 6.06. The first-order valence-electron chi connectivity index (χ1n) is 8.09. The Bertz CT molecular complexity index is 760. The number of ether oxygens (including phenoxy) is 1. The average molecular weight is 311 g/mol. The van der Waals surface area contributed by atoms with E-state index in [2.05, 4.69) is 20.4 Å². The number of anilines is 1. The number of aromatic amines is 1. The van der Waals surface area contributed by atoms with Crippen molar-refractivity contribution in [3.63, 3.8) is 0 Å². The molecule has 4 rings (SSSR count). The maximum Gasteiger partial charge on any atom is 0.201 e. The van der Waals surface area contributed by atoms with Crippen molar-refractivity contribution >= 4 is 17.0 Å². The van der Waals surface area contributed by atoms with Crippen molar-refractivity contribution < 1.29 is 4.74 Å². The Labute approximate surface area is 134 Å². The summed E-state index contributed by atoms with van der Waals surface area (Å²) in [6, 6.07) is 10.1. The lowest BCUT2D eigenvalue weighted by atomic mass is 9.92. The lowest BCUT2D eigenvalue weighted by molar-refractivity contribution is -0.0284. The van der Waals surface area contributed by atoms with Crippen molar-refractivity contribution in [3.05, 3.63) is 42.2 Å². The van der Waals surface area contributed by atoms with E-state index in [1.165, 1.54) is 0 Å². The van der Waals surface area contributed by atoms with Gasteiger partial charge in [-0.05, 0) is 31.0 Å². The summed E-state index contributed by atoms with van der Waals surface area (Å²) in [6.45, 7) is 1.65. The third-order valence-corrected chi connectivity index (χ3v) is 4.52. The Morgan fingerprint density at radius 3 is 3.09 bits per heavy atom. The number of aryl methyl sites for hydroxylation is 1. The minimum Gasteiger partial charge on any atom is -0.372 e. The topological polar surface area (TPSA) is 67.8 Å². The summed E-state index contributed by atoms with van der Waals surface area (Å²) in [6.07, 6.45) is 4.16. The molecule has 2 aromatic heterocycles. The fourth-order valence-corrected chi connectivity index (χ4v) is 3.31. The van der Waals surface area contributed by atoms with Crippen molar-refractivity contribution in [1.82, 2.24) is 19.7 Å². The van der Waals surface area contributed by atoms with Gasteiger partial charge >= 0.3 is 0 Å². The number of nitrogens with one attached hydrogen (secondary N) is 2. The standard InChI is InChI=1S/C17H21N5O/c1-22-15(8-9-19-22)16-12(5-4-10-23-16)11-18-17-20-13-6-2-3-7-14(13)21-17/h2-3,6-9,12,16H,4-5,10-11H2,1H3,(H2,18,20,21)/t12-,16+/m0/s1. The van der Waals surface area contributed by atoms with Gasteiger partial charge in [-0.3, -0.25) is 4.68 Å². The minimum absolute atomic E-state index is 0.0909. The number of nitrogens with zero attached hydrogens (tertiary/aromatic N) is 3. The van der Waals surface area contributed by atoms with Gasteiger partial charge in [0.1, 0.15) is 6.10 Å². The van der Waals surface area contributed by atoms with Crippen LogP contribution in [0.25, 0.3) is 11.0 Å². The molecule has 120 valence electrons. The van der Waals surface area contributed by atoms with Crippen LogP contribution < -0.4 is 5.32 Å². The quantitative estimate of drug-likeness (QED) is 0.777. The number of aromatic nitrogens is 4. The van der Waals surface area contributed by atoms with Crippen LogP contribution in [0.2, 0.25) is 0 Å². The molecule has 0 aliphatic carbocycles. The second kappa shape index (κ2) is 6.04. The molecule has 0 saturated carbocycles. The number of hydrogen-bond donors (Lipinski definition) is 2. The third kappa shape index (κ3) is 2.82. The smallest absolute Gasteiger partial charge is 0.201 e. The average Bonchev–Trinajstić information content (AvgIpc) is 3.18. The summed E-state index contributed by atoms with van der Waals surface area (Å²) in [7, 11) is 1.97. The van der Waals surface area contributed by atoms with Crippen LogP contribution in [0.15, 0.2) is 36.5 Å². The molecular weight excluding hydrogens is 290 g/mol. The lowest BCUT2D eigenvalue weighted by Crippen LogP contribution is -2.29. The molecule has 1 aliphatic rings. The van der Waals surface area contributed by atoms with Crippen LogP contribution in [0, 0.1) is 5.92 Å². The van der Waals surface area contributed by atoms with Gasteiger partial charge in [0, 0.05) is 32.3 Å². The molecule has 3 heterocycles. The molecule has 23 heavy (non-hydrogen) atoms. The van der Waals surface area contributed by atoms with Gasteiger partial charge in [0.2, 0.25) is 5.95 Å². The van der Waals surface area contributed by atoms with Crippen LogP contribution in [0.3, 0.4) is 0 Å². The zero-order chi connectivity index (χ0) is 15.6. The number of hydrogen-bond acceptors (Lipinski definition) is 4. The minimum atomic E-state index is 0.0909. The number of para-hydroxylation sites is 2. The predicted octanol–water partition coefficient (Wildman–Crippen LogP) is 2.88. The van der Waals surface area contributed by atoms with Gasteiger partial charge in [0.25, 0.3) is 0 Å². The number of imidazole rings is 1. The lowest BCUT2D eigenvalue weighted by Gasteiger charge is -2.31. The molecule has 1 fully saturated rings. The molecule has 0 radical (unpaired) electrons. The normalized spacial score (nSPS) is 21.6. The van der Waals surface area contributed by atoms with E-state index in [4.69, 9.17) is 4.74 Å². The monoisotopic (exact) mass is 311 g/mol. The van der Waals surface area contributed by atoms with Crippen molar-refractivity contribution in [2.24, 2.45) is 13.0 Å².